The SMILES string of the molecule is Cc1ccc(C2CC(Br)=NO2)cc1Oc1cc(C(C)(C)F)ccn1. The molecule has 0 aliphatic carbocycles. The van der Waals surface area contributed by atoms with Crippen molar-refractivity contribution >= 4 is 20.6 Å². The van der Waals surface area contributed by atoms with Crippen molar-refractivity contribution in [2.75, 3.05) is 0 Å². The maximum absolute atomic E-state index is 14.1. The van der Waals surface area contributed by atoms with E-state index >= 15 is 0 Å². The molecule has 1 aliphatic rings. The van der Waals surface area contributed by atoms with E-state index in [9.17, 15) is 4.39 Å². The molecular formula is C18H18BrFN2O2. The minimum absolute atomic E-state index is 0.133. The predicted octanol–water partition coefficient (Wildman–Crippen LogP) is 5.56. The highest BCUT2D eigenvalue weighted by atomic mass is 79.9. The summed E-state index contributed by atoms with van der Waals surface area (Å²) in [5.41, 5.74) is 1.01. The van der Waals surface area contributed by atoms with Crippen molar-refractivity contribution < 1.29 is 14.0 Å². The van der Waals surface area contributed by atoms with Gasteiger partial charge in [0.2, 0.25) is 5.88 Å². The number of oxime groups is 1. The van der Waals surface area contributed by atoms with Crippen molar-refractivity contribution in [3.05, 3.63) is 53.2 Å². The van der Waals surface area contributed by atoms with Gasteiger partial charge in [0.25, 0.3) is 0 Å². The Labute approximate surface area is 148 Å². The summed E-state index contributed by atoms with van der Waals surface area (Å²) in [6, 6.07) is 9.14. The van der Waals surface area contributed by atoms with Crippen LogP contribution in [-0.4, -0.2) is 9.60 Å². The fourth-order valence-corrected chi connectivity index (χ4v) is 2.78. The molecule has 4 nitrogen and oxygen atoms in total. The fourth-order valence-electron chi connectivity index (χ4n) is 2.40. The zero-order valence-electron chi connectivity index (χ0n) is 13.7. The van der Waals surface area contributed by atoms with Gasteiger partial charge in [0, 0.05) is 18.7 Å². The average Bonchev–Trinajstić information content (AvgIpc) is 2.95. The molecule has 0 spiro atoms. The molecular weight excluding hydrogens is 375 g/mol. The molecule has 1 aliphatic heterocycles. The van der Waals surface area contributed by atoms with E-state index in [1.807, 2.05) is 25.1 Å². The van der Waals surface area contributed by atoms with Gasteiger partial charge in [-0.1, -0.05) is 17.3 Å². The van der Waals surface area contributed by atoms with E-state index in [0.717, 1.165) is 15.7 Å². The molecule has 0 bridgehead atoms. The molecule has 2 heterocycles. The van der Waals surface area contributed by atoms with Gasteiger partial charge in [-0.05, 0) is 65.5 Å². The largest absolute Gasteiger partial charge is 0.439 e. The van der Waals surface area contributed by atoms with E-state index in [4.69, 9.17) is 9.57 Å². The zero-order valence-corrected chi connectivity index (χ0v) is 15.3. The van der Waals surface area contributed by atoms with Crippen LogP contribution in [0.2, 0.25) is 0 Å². The Morgan fingerprint density at radius 1 is 1.29 bits per heavy atom. The van der Waals surface area contributed by atoms with Gasteiger partial charge in [-0.3, -0.25) is 0 Å². The van der Waals surface area contributed by atoms with Gasteiger partial charge < -0.3 is 9.57 Å². The lowest BCUT2D eigenvalue weighted by Gasteiger charge is -2.16. The second-order valence-electron chi connectivity index (χ2n) is 6.25. The van der Waals surface area contributed by atoms with Crippen LogP contribution in [-0.2, 0) is 10.5 Å². The van der Waals surface area contributed by atoms with Gasteiger partial charge in [-0.15, -0.1) is 0 Å². The first-order valence-electron chi connectivity index (χ1n) is 7.65. The average molecular weight is 393 g/mol. The first-order chi connectivity index (χ1) is 11.3. The normalized spacial score (nSPS) is 17.4. The number of aromatic nitrogens is 1. The first kappa shape index (κ1) is 16.9. The summed E-state index contributed by atoms with van der Waals surface area (Å²) in [7, 11) is 0. The first-order valence-corrected chi connectivity index (χ1v) is 8.44. The number of hydrogen-bond donors (Lipinski definition) is 0. The number of pyridine rings is 1. The molecule has 2 aromatic rings. The third kappa shape index (κ3) is 3.75. The number of hydrogen-bond acceptors (Lipinski definition) is 4. The van der Waals surface area contributed by atoms with Crippen molar-refractivity contribution in [1.29, 1.82) is 0 Å². The minimum Gasteiger partial charge on any atom is -0.439 e. The van der Waals surface area contributed by atoms with Crippen molar-refractivity contribution in [3.8, 4) is 11.6 Å². The lowest BCUT2D eigenvalue weighted by molar-refractivity contribution is 0.0856. The Balaban J connectivity index is 1.85. The molecule has 0 fully saturated rings. The molecule has 1 unspecified atom stereocenters. The van der Waals surface area contributed by atoms with Crippen LogP contribution >= 0.6 is 15.9 Å². The number of halogens is 2. The zero-order chi connectivity index (χ0) is 17.3. The van der Waals surface area contributed by atoms with Gasteiger partial charge in [-0.25, -0.2) is 9.37 Å². The van der Waals surface area contributed by atoms with Crippen LogP contribution in [0.4, 0.5) is 4.39 Å². The maximum Gasteiger partial charge on any atom is 0.219 e. The second kappa shape index (κ2) is 6.51. The van der Waals surface area contributed by atoms with Crippen molar-refractivity contribution in [1.82, 2.24) is 4.98 Å². The number of rotatable bonds is 4. The molecule has 1 atom stereocenters. The summed E-state index contributed by atoms with van der Waals surface area (Å²) < 4.78 is 20.8. The number of aryl methyl sites for hydroxylation is 1. The monoisotopic (exact) mass is 392 g/mol. The number of alkyl halides is 1. The number of benzene rings is 1. The Hall–Kier alpha value is -1.95. The van der Waals surface area contributed by atoms with E-state index in [2.05, 4.69) is 26.1 Å². The molecule has 3 rings (SSSR count). The summed E-state index contributed by atoms with van der Waals surface area (Å²) in [5.74, 6) is 1.03. The number of nitrogens with zero attached hydrogens (tertiary/aromatic N) is 2. The van der Waals surface area contributed by atoms with E-state index < -0.39 is 5.67 Å². The minimum atomic E-state index is -1.45. The number of ether oxygens (including phenoxy) is 1. The Morgan fingerprint density at radius 2 is 2.08 bits per heavy atom. The van der Waals surface area contributed by atoms with E-state index in [-0.39, 0.29) is 6.10 Å². The van der Waals surface area contributed by atoms with Crippen molar-refractivity contribution in [3.63, 3.8) is 0 Å². The van der Waals surface area contributed by atoms with Crippen LogP contribution in [0.25, 0.3) is 0 Å². The van der Waals surface area contributed by atoms with Crippen LogP contribution in [0.1, 0.15) is 43.1 Å². The Morgan fingerprint density at radius 3 is 2.75 bits per heavy atom. The molecule has 1 aromatic carbocycles. The molecule has 0 N–H and O–H groups in total. The van der Waals surface area contributed by atoms with Gasteiger partial charge in [-0.2, -0.15) is 0 Å². The Bertz CT molecular complexity index is 787. The fraction of sp³-hybridized carbons (Fsp3) is 0.333. The molecule has 24 heavy (non-hydrogen) atoms. The highest BCUT2D eigenvalue weighted by Crippen LogP contribution is 2.34. The molecule has 126 valence electrons. The van der Waals surface area contributed by atoms with Gasteiger partial charge in [0.05, 0.1) is 0 Å². The summed E-state index contributed by atoms with van der Waals surface area (Å²) >= 11 is 3.34. The van der Waals surface area contributed by atoms with Crippen molar-refractivity contribution in [2.24, 2.45) is 5.16 Å². The lowest BCUT2D eigenvalue weighted by atomic mass is 10.0. The van der Waals surface area contributed by atoms with Crippen LogP contribution in [0, 0.1) is 6.92 Å². The topological polar surface area (TPSA) is 43.7 Å². The molecule has 0 amide bonds. The lowest BCUT2D eigenvalue weighted by Crippen LogP contribution is -2.09. The predicted molar refractivity (Wildman–Crippen MR) is 94.4 cm³/mol. The Kier molecular flexibility index (Phi) is 4.58. The molecule has 1 aromatic heterocycles. The highest BCUT2D eigenvalue weighted by molar-refractivity contribution is 9.18. The highest BCUT2D eigenvalue weighted by Gasteiger charge is 2.23. The summed E-state index contributed by atoms with van der Waals surface area (Å²) in [6.07, 6.45) is 2.11. The van der Waals surface area contributed by atoms with Gasteiger partial charge >= 0.3 is 0 Å². The quantitative estimate of drug-likeness (QED) is 0.684. The molecule has 0 saturated heterocycles. The van der Waals surface area contributed by atoms with Crippen LogP contribution < -0.4 is 4.74 Å². The van der Waals surface area contributed by atoms with E-state index in [0.29, 0.717) is 23.6 Å². The van der Waals surface area contributed by atoms with E-state index in [1.165, 1.54) is 13.8 Å². The van der Waals surface area contributed by atoms with Crippen LogP contribution in [0.5, 0.6) is 11.6 Å². The smallest absolute Gasteiger partial charge is 0.219 e. The van der Waals surface area contributed by atoms with Crippen LogP contribution in [0.15, 0.2) is 41.7 Å². The van der Waals surface area contributed by atoms with Gasteiger partial charge in [0.15, 0.2) is 6.10 Å². The molecule has 0 saturated carbocycles. The maximum atomic E-state index is 14.1. The van der Waals surface area contributed by atoms with Gasteiger partial charge in [0.1, 0.15) is 16.0 Å². The molecule has 6 heteroatoms. The third-order valence-electron chi connectivity index (χ3n) is 3.85. The standard InChI is InChI=1S/C18H18BrFN2O2/c1-11-4-5-12(15-10-16(19)22-24-15)8-14(11)23-17-9-13(6-7-21-17)18(2,3)20/h4-9,15H,10H2,1-3H3. The molecule has 0 radical (unpaired) electrons. The summed E-state index contributed by atoms with van der Waals surface area (Å²) in [4.78, 5) is 9.56. The van der Waals surface area contributed by atoms with E-state index in [1.54, 1.807) is 18.3 Å². The second-order valence-corrected chi connectivity index (χ2v) is 7.16. The van der Waals surface area contributed by atoms with Crippen LogP contribution in [0.3, 0.4) is 0 Å². The summed E-state index contributed by atoms with van der Waals surface area (Å²) in [6.45, 7) is 4.96. The third-order valence-corrected chi connectivity index (χ3v) is 4.32. The summed E-state index contributed by atoms with van der Waals surface area (Å²) in [5, 5.41) is 3.91. The van der Waals surface area contributed by atoms with Crippen molar-refractivity contribution in [2.45, 2.75) is 39.0 Å².